The molecule has 4 heteroatoms. The second-order valence-corrected chi connectivity index (χ2v) is 4.68. The molecule has 1 aromatic heterocycles. The Labute approximate surface area is 112 Å². The maximum absolute atomic E-state index is 12.1. The lowest BCUT2D eigenvalue weighted by molar-refractivity contribution is 0.102. The predicted molar refractivity (Wildman–Crippen MR) is 77.3 cm³/mol. The molecule has 2 aromatic rings. The van der Waals surface area contributed by atoms with Crippen LogP contribution >= 0.6 is 0 Å². The number of carbonyl (C=O) groups excluding carboxylic acids is 1. The van der Waals surface area contributed by atoms with Crippen molar-refractivity contribution in [2.45, 2.75) is 20.8 Å². The van der Waals surface area contributed by atoms with Crippen LogP contribution in [0.1, 0.15) is 27.2 Å². The molecule has 0 atom stereocenters. The van der Waals surface area contributed by atoms with E-state index in [9.17, 15) is 4.79 Å². The van der Waals surface area contributed by atoms with Crippen molar-refractivity contribution in [3.05, 3.63) is 52.7 Å². The number of benzene rings is 1. The van der Waals surface area contributed by atoms with Gasteiger partial charge < -0.3 is 11.1 Å². The van der Waals surface area contributed by atoms with Crippen LogP contribution in [-0.4, -0.2) is 10.9 Å². The SMILES string of the molecule is Cc1cc(C)c(NC(=O)c2cccc(N)n2)c(C)c1. The topological polar surface area (TPSA) is 68.0 Å². The average Bonchev–Trinajstić information content (AvgIpc) is 2.33. The van der Waals surface area contributed by atoms with E-state index in [0.29, 0.717) is 11.5 Å². The van der Waals surface area contributed by atoms with Crippen LogP contribution in [0.25, 0.3) is 0 Å². The molecule has 0 unspecified atom stereocenters. The molecule has 2 rings (SSSR count). The number of nitrogens with zero attached hydrogens (tertiary/aromatic N) is 1. The zero-order valence-electron chi connectivity index (χ0n) is 11.3. The van der Waals surface area contributed by atoms with E-state index in [0.717, 1.165) is 16.8 Å². The smallest absolute Gasteiger partial charge is 0.274 e. The summed E-state index contributed by atoms with van der Waals surface area (Å²) >= 11 is 0. The van der Waals surface area contributed by atoms with Gasteiger partial charge in [-0.05, 0) is 44.0 Å². The van der Waals surface area contributed by atoms with Gasteiger partial charge in [0.2, 0.25) is 0 Å². The molecule has 0 fully saturated rings. The van der Waals surface area contributed by atoms with Gasteiger partial charge in [0.25, 0.3) is 5.91 Å². The molecular formula is C15H17N3O. The lowest BCUT2D eigenvalue weighted by Gasteiger charge is -2.12. The van der Waals surface area contributed by atoms with E-state index >= 15 is 0 Å². The summed E-state index contributed by atoms with van der Waals surface area (Å²) in [5, 5.41) is 2.89. The Kier molecular flexibility index (Phi) is 3.51. The minimum Gasteiger partial charge on any atom is -0.384 e. The second kappa shape index (κ2) is 5.10. The van der Waals surface area contributed by atoms with Crippen molar-refractivity contribution in [1.29, 1.82) is 0 Å². The quantitative estimate of drug-likeness (QED) is 0.867. The molecule has 1 amide bonds. The lowest BCUT2D eigenvalue weighted by Crippen LogP contribution is -2.16. The molecular weight excluding hydrogens is 238 g/mol. The average molecular weight is 255 g/mol. The number of nitrogen functional groups attached to an aromatic ring is 1. The Morgan fingerprint density at radius 3 is 2.37 bits per heavy atom. The van der Waals surface area contributed by atoms with Gasteiger partial charge in [-0.1, -0.05) is 23.8 Å². The van der Waals surface area contributed by atoms with Gasteiger partial charge in [0.15, 0.2) is 0 Å². The van der Waals surface area contributed by atoms with Crippen molar-refractivity contribution >= 4 is 17.4 Å². The summed E-state index contributed by atoms with van der Waals surface area (Å²) < 4.78 is 0. The number of pyridine rings is 1. The van der Waals surface area contributed by atoms with Crippen LogP contribution in [-0.2, 0) is 0 Å². The molecule has 0 spiro atoms. The highest BCUT2D eigenvalue weighted by atomic mass is 16.1. The van der Waals surface area contributed by atoms with Crippen LogP contribution in [0.15, 0.2) is 30.3 Å². The van der Waals surface area contributed by atoms with Gasteiger partial charge in [0.1, 0.15) is 11.5 Å². The highest BCUT2D eigenvalue weighted by Crippen LogP contribution is 2.22. The number of nitrogens with two attached hydrogens (primary N) is 1. The summed E-state index contributed by atoms with van der Waals surface area (Å²) in [6, 6.07) is 9.08. The van der Waals surface area contributed by atoms with E-state index < -0.39 is 0 Å². The Bertz CT molecular complexity index is 612. The van der Waals surface area contributed by atoms with Crippen molar-refractivity contribution in [3.8, 4) is 0 Å². The van der Waals surface area contributed by atoms with Crippen LogP contribution in [0.3, 0.4) is 0 Å². The van der Waals surface area contributed by atoms with Crippen molar-refractivity contribution in [3.63, 3.8) is 0 Å². The predicted octanol–water partition coefficient (Wildman–Crippen LogP) is 2.84. The fraction of sp³-hybridized carbons (Fsp3) is 0.200. The number of aromatic nitrogens is 1. The number of carbonyl (C=O) groups is 1. The Hall–Kier alpha value is -2.36. The van der Waals surface area contributed by atoms with Crippen LogP contribution < -0.4 is 11.1 Å². The van der Waals surface area contributed by atoms with Gasteiger partial charge in [0, 0.05) is 5.69 Å². The molecule has 19 heavy (non-hydrogen) atoms. The molecule has 4 nitrogen and oxygen atoms in total. The standard InChI is InChI=1S/C15H17N3O/c1-9-7-10(2)14(11(3)8-9)18-15(19)12-5-4-6-13(16)17-12/h4-8H,1-3H3,(H2,16,17)(H,18,19). The number of amides is 1. The van der Waals surface area contributed by atoms with Gasteiger partial charge in [0.05, 0.1) is 0 Å². The van der Waals surface area contributed by atoms with Gasteiger partial charge in [-0.15, -0.1) is 0 Å². The van der Waals surface area contributed by atoms with E-state index in [1.165, 1.54) is 5.56 Å². The second-order valence-electron chi connectivity index (χ2n) is 4.68. The molecule has 0 bridgehead atoms. The van der Waals surface area contributed by atoms with Crippen LogP contribution in [0.2, 0.25) is 0 Å². The van der Waals surface area contributed by atoms with Gasteiger partial charge in [-0.2, -0.15) is 0 Å². The Morgan fingerprint density at radius 2 is 1.79 bits per heavy atom. The maximum atomic E-state index is 12.1. The Balaban J connectivity index is 2.29. The van der Waals surface area contributed by atoms with Crippen LogP contribution in [0.5, 0.6) is 0 Å². The van der Waals surface area contributed by atoms with E-state index in [1.807, 2.05) is 32.9 Å². The van der Waals surface area contributed by atoms with Crippen molar-refractivity contribution in [2.24, 2.45) is 0 Å². The zero-order valence-corrected chi connectivity index (χ0v) is 11.3. The molecule has 0 aliphatic heterocycles. The van der Waals surface area contributed by atoms with E-state index in [-0.39, 0.29) is 5.91 Å². The fourth-order valence-corrected chi connectivity index (χ4v) is 2.13. The number of nitrogens with one attached hydrogen (secondary N) is 1. The third kappa shape index (κ3) is 2.91. The molecule has 1 aromatic carbocycles. The first-order valence-corrected chi connectivity index (χ1v) is 6.09. The van der Waals surface area contributed by atoms with Crippen molar-refractivity contribution in [1.82, 2.24) is 4.98 Å². The molecule has 3 N–H and O–H groups in total. The first kappa shape index (κ1) is 13.1. The maximum Gasteiger partial charge on any atom is 0.274 e. The number of hydrogen-bond acceptors (Lipinski definition) is 3. The monoisotopic (exact) mass is 255 g/mol. The number of rotatable bonds is 2. The van der Waals surface area contributed by atoms with Crippen LogP contribution in [0.4, 0.5) is 11.5 Å². The van der Waals surface area contributed by atoms with Crippen molar-refractivity contribution in [2.75, 3.05) is 11.1 Å². The number of hydrogen-bond donors (Lipinski definition) is 2. The Morgan fingerprint density at radius 1 is 1.16 bits per heavy atom. The summed E-state index contributed by atoms with van der Waals surface area (Å²) in [6.45, 7) is 5.98. The van der Waals surface area contributed by atoms with Gasteiger partial charge >= 0.3 is 0 Å². The molecule has 0 aliphatic carbocycles. The minimum absolute atomic E-state index is 0.248. The van der Waals surface area contributed by atoms with E-state index in [1.54, 1.807) is 18.2 Å². The lowest BCUT2D eigenvalue weighted by atomic mass is 10.0. The summed E-state index contributed by atoms with van der Waals surface area (Å²) in [4.78, 5) is 16.1. The highest BCUT2D eigenvalue weighted by molar-refractivity contribution is 6.03. The van der Waals surface area contributed by atoms with E-state index in [2.05, 4.69) is 10.3 Å². The van der Waals surface area contributed by atoms with Gasteiger partial charge in [-0.25, -0.2) is 4.98 Å². The minimum atomic E-state index is -0.248. The molecule has 1 heterocycles. The van der Waals surface area contributed by atoms with Crippen molar-refractivity contribution < 1.29 is 4.79 Å². The summed E-state index contributed by atoms with van der Waals surface area (Å²) in [5.41, 5.74) is 9.98. The largest absolute Gasteiger partial charge is 0.384 e. The normalized spacial score (nSPS) is 10.3. The molecule has 0 saturated heterocycles. The molecule has 0 radical (unpaired) electrons. The fourth-order valence-electron chi connectivity index (χ4n) is 2.13. The molecule has 98 valence electrons. The number of aryl methyl sites for hydroxylation is 3. The third-order valence-electron chi connectivity index (χ3n) is 2.92. The molecule has 0 saturated carbocycles. The van der Waals surface area contributed by atoms with Gasteiger partial charge in [-0.3, -0.25) is 4.79 Å². The van der Waals surface area contributed by atoms with Crippen LogP contribution in [0, 0.1) is 20.8 Å². The van der Waals surface area contributed by atoms with E-state index in [4.69, 9.17) is 5.73 Å². The summed E-state index contributed by atoms with van der Waals surface area (Å²) in [5.74, 6) is 0.0901. The first-order valence-electron chi connectivity index (χ1n) is 6.09. The summed E-state index contributed by atoms with van der Waals surface area (Å²) in [7, 11) is 0. The highest BCUT2D eigenvalue weighted by Gasteiger charge is 2.11. The number of anilines is 2. The zero-order chi connectivity index (χ0) is 14.0. The summed E-state index contributed by atoms with van der Waals surface area (Å²) in [6.07, 6.45) is 0. The molecule has 0 aliphatic rings. The first-order chi connectivity index (χ1) is 8.97. The third-order valence-corrected chi connectivity index (χ3v) is 2.92.